The van der Waals surface area contributed by atoms with Gasteiger partial charge in [-0.2, -0.15) is 0 Å². The third kappa shape index (κ3) is 2.45. The van der Waals surface area contributed by atoms with Crippen LogP contribution in [0, 0.1) is 0 Å². The molecule has 0 amide bonds. The molecule has 0 radical (unpaired) electrons. The van der Waals surface area contributed by atoms with Gasteiger partial charge >= 0.3 is 0 Å². The van der Waals surface area contributed by atoms with E-state index in [0.717, 1.165) is 0 Å². The van der Waals surface area contributed by atoms with E-state index in [4.69, 9.17) is 16.9 Å². The molecule has 1 unspecified atom stereocenters. The molecule has 0 saturated carbocycles. The summed E-state index contributed by atoms with van der Waals surface area (Å²) in [6.45, 7) is 1.83. The van der Waals surface area contributed by atoms with E-state index in [9.17, 15) is 0 Å². The average Bonchev–Trinajstić information content (AvgIpc) is 1.65. The maximum absolute atomic E-state index is 8.42. The molecule has 2 N–H and O–H groups in total. The molecule has 0 bridgehead atoms. The first kappa shape index (κ1) is 6.21. The van der Waals surface area contributed by atoms with Gasteiger partial charge < -0.3 is 5.11 Å². The van der Waals surface area contributed by atoms with Gasteiger partial charge in [0.2, 0.25) is 0 Å². The molecule has 0 aliphatic heterocycles. The van der Waals surface area contributed by atoms with Gasteiger partial charge in [-0.1, -0.05) is 6.92 Å². The molecule has 1 atom stereocenters. The summed E-state index contributed by atoms with van der Waals surface area (Å²) < 4.78 is 0. The monoisotopic (exact) mass is 109 g/mol. The molecule has 0 aliphatic carbocycles. The van der Waals surface area contributed by atoms with Gasteiger partial charge in [-0.3, -0.25) is 0 Å². The third-order valence-electron chi connectivity index (χ3n) is 0.513. The Morgan fingerprint density at radius 1 is 2.00 bits per heavy atom. The lowest BCUT2D eigenvalue weighted by Crippen LogP contribution is -2.17. The molecule has 0 aliphatic rings. The minimum atomic E-state index is -0.549. The van der Waals surface area contributed by atoms with Crippen molar-refractivity contribution < 1.29 is 5.11 Å². The lowest BCUT2D eigenvalue weighted by Gasteiger charge is -1.98. The fourth-order valence-electron chi connectivity index (χ4n) is 0.0772. The molecule has 0 rings (SSSR count). The normalized spacial score (nSPS) is 14.5. The third-order valence-corrected chi connectivity index (χ3v) is 0.765. The summed E-state index contributed by atoms with van der Waals surface area (Å²) in [5.74, 6) is 0. The van der Waals surface area contributed by atoms with Crippen molar-refractivity contribution in [2.45, 2.75) is 19.6 Å². The summed E-state index contributed by atoms with van der Waals surface area (Å²) in [7, 11) is 0. The second-order valence-electron chi connectivity index (χ2n) is 1.03. The summed E-state index contributed by atoms with van der Waals surface area (Å²) in [6, 6.07) is 0. The van der Waals surface area contributed by atoms with Crippen molar-refractivity contribution in [1.29, 1.82) is 0 Å². The Labute approximate surface area is 42.2 Å². The quantitative estimate of drug-likeness (QED) is 0.399. The van der Waals surface area contributed by atoms with Gasteiger partial charge in [0, 0.05) is 0 Å². The first-order chi connectivity index (χ1) is 2.81. The van der Waals surface area contributed by atoms with Gasteiger partial charge in [0.1, 0.15) is 6.23 Å². The predicted molar refractivity (Wildman–Crippen MR) is 25.3 cm³/mol. The van der Waals surface area contributed by atoms with Crippen LogP contribution in [0.3, 0.4) is 0 Å². The van der Waals surface area contributed by atoms with Crippen LogP contribution in [-0.4, -0.2) is 11.3 Å². The Morgan fingerprint density at radius 2 is 2.50 bits per heavy atom. The van der Waals surface area contributed by atoms with Crippen molar-refractivity contribution in [2.24, 2.45) is 0 Å². The van der Waals surface area contributed by atoms with Crippen molar-refractivity contribution >= 4 is 11.8 Å². The lowest BCUT2D eigenvalue weighted by molar-refractivity contribution is 0.160. The van der Waals surface area contributed by atoms with Gasteiger partial charge in [0.25, 0.3) is 0 Å². The SMILES string of the molecule is CCC(O)NCl. The fourth-order valence-corrected chi connectivity index (χ4v) is 0.231. The van der Waals surface area contributed by atoms with Crippen molar-refractivity contribution in [3.63, 3.8) is 0 Å². The highest BCUT2D eigenvalue weighted by atomic mass is 35.5. The Morgan fingerprint density at radius 3 is 2.50 bits per heavy atom. The van der Waals surface area contributed by atoms with Crippen LogP contribution >= 0.6 is 11.8 Å². The van der Waals surface area contributed by atoms with Crippen LogP contribution in [0.15, 0.2) is 0 Å². The maximum atomic E-state index is 8.42. The lowest BCUT2D eigenvalue weighted by atomic mass is 10.5. The molecule has 0 saturated heterocycles. The summed E-state index contributed by atoms with van der Waals surface area (Å²) in [5.41, 5.74) is 0. The minimum absolute atomic E-state index is 0.549. The zero-order valence-electron chi connectivity index (χ0n) is 3.61. The smallest absolute Gasteiger partial charge is 0.117 e. The van der Waals surface area contributed by atoms with Crippen molar-refractivity contribution in [2.75, 3.05) is 0 Å². The molecular weight excluding hydrogens is 101 g/mol. The molecule has 0 heterocycles. The van der Waals surface area contributed by atoms with Crippen LogP contribution in [0.25, 0.3) is 0 Å². The van der Waals surface area contributed by atoms with Crippen molar-refractivity contribution in [3.8, 4) is 0 Å². The Bertz CT molecular complexity index is 30.0. The molecule has 0 aromatic carbocycles. The van der Waals surface area contributed by atoms with Crippen LogP contribution in [0.1, 0.15) is 13.3 Å². The van der Waals surface area contributed by atoms with Gasteiger partial charge in [0.05, 0.1) is 0 Å². The maximum Gasteiger partial charge on any atom is 0.117 e. The van der Waals surface area contributed by atoms with Crippen molar-refractivity contribution in [1.82, 2.24) is 4.84 Å². The number of nitrogens with one attached hydrogen (secondary N) is 1. The summed E-state index contributed by atoms with van der Waals surface area (Å²) >= 11 is 4.95. The topological polar surface area (TPSA) is 32.3 Å². The number of hydrogen-bond acceptors (Lipinski definition) is 2. The molecule has 38 valence electrons. The molecule has 0 aromatic rings. The molecule has 2 nitrogen and oxygen atoms in total. The molecule has 3 heteroatoms. The molecule has 0 fully saturated rings. The van der Waals surface area contributed by atoms with E-state index < -0.39 is 6.23 Å². The van der Waals surface area contributed by atoms with E-state index in [0.29, 0.717) is 6.42 Å². The summed E-state index contributed by atoms with van der Waals surface area (Å²) in [6.07, 6.45) is 0.0930. The zero-order valence-corrected chi connectivity index (χ0v) is 4.37. The van der Waals surface area contributed by atoms with E-state index in [1.54, 1.807) is 0 Å². The Balaban J connectivity index is 2.75. The van der Waals surface area contributed by atoms with Gasteiger partial charge in [-0.05, 0) is 18.2 Å². The molecular formula is C3H8ClNO. The standard InChI is InChI=1S/C3H8ClNO/c1-2-3(6)5-4/h3,5-6H,2H2,1H3. The van der Waals surface area contributed by atoms with Gasteiger partial charge in [0.15, 0.2) is 0 Å². The van der Waals surface area contributed by atoms with E-state index in [2.05, 4.69) is 4.84 Å². The molecule has 0 spiro atoms. The largest absolute Gasteiger partial charge is 0.377 e. The fraction of sp³-hybridized carbons (Fsp3) is 1.00. The molecule has 0 aromatic heterocycles. The highest BCUT2D eigenvalue weighted by molar-refractivity contribution is 6.13. The van der Waals surface area contributed by atoms with Gasteiger partial charge in [-0.25, -0.2) is 4.84 Å². The van der Waals surface area contributed by atoms with Crippen LogP contribution < -0.4 is 4.84 Å². The first-order valence-electron chi connectivity index (χ1n) is 1.85. The van der Waals surface area contributed by atoms with E-state index in [1.165, 1.54) is 0 Å². The van der Waals surface area contributed by atoms with Crippen LogP contribution in [0.2, 0.25) is 0 Å². The zero-order chi connectivity index (χ0) is 4.99. The van der Waals surface area contributed by atoms with E-state index in [1.807, 2.05) is 6.92 Å². The number of aliphatic hydroxyl groups excluding tert-OH is 1. The van der Waals surface area contributed by atoms with E-state index in [-0.39, 0.29) is 0 Å². The number of hydrogen-bond donors (Lipinski definition) is 2. The summed E-state index contributed by atoms with van der Waals surface area (Å²) in [5, 5.41) is 8.42. The Kier molecular flexibility index (Phi) is 3.52. The Hall–Kier alpha value is 0.210. The van der Waals surface area contributed by atoms with Gasteiger partial charge in [-0.15, -0.1) is 0 Å². The average molecular weight is 110 g/mol. The second kappa shape index (κ2) is 3.40. The predicted octanol–water partition coefficient (Wildman–Crippen LogP) is 0.458. The number of halogens is 1. The highest BCUT2D eigenvalue weighted by Crippen LogP contribution is 1.82. The van der Waals surface area contributed by atoms with Crippen LogP contribution in [0.4, 0.5) is 0 Å². The molecule has 6 heavy (non-hydrogen) atoms. The summed E-state index contributed by atoms with van der Waals surface area (Å²) in [4.78, 5) is 2.14. The second-order valence-corrected chi connectivity index (χ2v) is 1.25. The van der Waals surface area contributed by atoms with Crippen molar-refractivity contribution in [3.05, 3.63) is 0 Å². The van der Waals surface area contributed by atoms with E-state index >= 15 is 0 Å². The first-order valence-corrected chi connectivity index (χ1v) is 2.23. The number of aliphatic hydroxyl groups is 1. The van der Waals surface area contributed by atoms with Crippen LogP contribution in [-0.2, 0) is 0 Å². The van der Waals surface area contributed by atoms with Crippen LogP contribution in [0.5, 0.6) is 0 Å². The minimum Gasteiger partial charge on any atom is -0.377 e. The number of rotatable bonds is 2. The highest BCUT2D eigenvalue weighted by Gasteiger charge is 1.90.